The second-order valence-corrected chi connectivity index (χ2v) is 8.03. The normalized spacial score (nSPS) is 14.0. The Morgan fingerprint density at radius 3 is 2.74 bits per heavy atom. The highest BCUT2D eigenvalue weighted by Gasteiger charge is 2.34. The molecule has 0 bridgehead atoms. The molecule has 1 unspecified atom stereocenters. The molecule has 0 saturated heterocycles. The number of hydrogen-bond donors (Lipinski definition) is 1. The highest BCUT2D eigenvalue weighted by Crippen LogP contribution is 2.34. The van der Waals surface area contributed by atoms with E-state index in [1.54, 1.807) is 43.0 Å². The van der Waals surface area contributed by atoms with Gasteiger partial charge in [-0.1, -0.05) is 0 Å². The zero-order valence-electron chi connectivity index (χ0n) is 18.8. The summed E-state index contributed by atoms with van der Waals surface area (Å²) in [5.41, 5.74) is 2.53. The maximum atomic E-state index is 13.1. The highest BCUT2D eigenvalue weighted by atomic mass is 19.4. The number of nitrogens with zero attached hydrogens (tertiary/aromatic N) is 5. The van der Waals surface area contributed by atoms with E-state index in [0.29, 0.717) is 27.9 Å². The number of alkyl halides is 3. The molecule has 3 aromatic rings. The summed E-state index contributed by atoms with van der Waals surface area (Å²) >= 11 is 0. The van der Waals surface area contributed by atoms with Crippen LogP contribution in [-0.2, 0) is 17.8 Å². The lowest BCUT2D eigenvalue weighted by Crippen LogP contribution is -2.27. The zero-order valence-corrected chi connectivity index (χ0v) is 18.8. The molecule has 1 aliphatic rings. The van der Waals surface area contributed by atoms with E-state index in [-0.39, 0.29) is 36.5 Å². The van der Waals surface area contributed by atoms with Crippen LogP contribution in [0.15, 0.2) is 42.9 Å². The van der Waals surface area contributed by atoms with E-state index in [0.717, 1.165) is 0 Å². The molecule has 0 saturated carbocycles. The summed E-state index contributed by atoms with van der Waals surface area (Å²) in [4.78, 5) is 35.4. The molecule has 0 fully saturated rings. The van der Waals surface area contributed by atoms with Crippen LogP contribution in [0.25, 0.3) is 0 Å². The maximum Gasteiger partial charge on any atom is 0.422 e. The third-order valence-corrected chi connectivity index (χ3v) is 5.48. The van der Waals surface area contributed by atoms with Crippen molar-refractivity contribution in [2.24, 2.45) is 0 Å². The summed E-state index contributed by atoms with van der Waals surface area (Å²) in [7, 11) is 0. The Balaban J connectivity index is 1.48. The maximum absolute atomic E-state index is 13.1. The Labute approximate surface area is 198 Å². The van der Waals surface area contributed by atoms with Crippen molar-refractivity contribution >= 4 is 17.6 Å². The van der Waals surface area contributed by atoms with Crippen LogP contribution in [0.4, 0.5) is 19.0 Å². The molecular formula is C23H21F3N6O3. The van der Waals surface area contributed by atoms with Crippen LogP contribution in [0.3, 0.4) is 0 Å². The number of carbonyl (C=O) groups excluding carboxylic acids is 2. The van der Waals surface area contributed by atoms with E-state index in [2.05, 4.69) is 25.5 Å². The van der Waals surface area contributed by atoms with Gasteiger partial charge in [0, 0.05) is 35.3 Å². The van der Waals surface area contributed by atoms with Gasteiger partial charge in [0.05, 0.1) is 24.7 Å². The van der Waals surface area contributed by atoms with E-state index in [9.17, 15) is 22.8 Å². The van der Waals surface area contributed by atoms with E-state index in [1.165, 1.54) is 18.6 Å². The standard InChI is InChI=1S/C23H21F3N6O3/c1-13-8-15(10-28-21(13)35-12-23(24,25)26)14(2)32-11-18-17(22(32)34)5-7-27-20(18)30-19(33)9-16-4-3-6-29-31-16/h3-8,10,14H,9,11-12H2,1-2H3,(H,27,30,33). The van der Waals surface area contributed by atoms with Crippen LogP contribution in [0.5, 0.6) is 5.88 Å². The van der Waals surface area contributed by atoms with Crippen LogP contribution in [0.1, 0.15) is 45.7 Å². The molecule has 0 aromatic carbocycles. The number of fused-ring (bicyclic) bond motifs is 1. The SMILES string of the molecule is Cc1cc(C(C)N2Cc3c(ccnc3NC(=O)Cc3cccnn3)C2=O)cnc1OCC(F)(F)F. The molecule has 4 heterocycles. The predicted octanol–water partition coefficient (Wildman–Crippen LogP) is 3.41. The van der Waals surface area contributed by atoms with Gasteiger partial charge in [0.15, 0.2) is 6.61 Å². The lowest BCUT2D eigenvalue weighted by molar-refractivity contribution is -0.154. The van der Waals surface area contributed by atoms with Gasteiger partial charge in [0.1, 0.15) is 5.82 Å². The predicted molar refractivity (Wildman–Crippen MR) is 117 cm³/mol. The van der Waals surface area contributed by atoms with Crippen LogP contribution in [-0.4, -0.2) is 49.7 Å². The molecule has 9 nitrogen and oxygen atoms in total. The smallest absolute Gasteiger partial charge is 0.422 e. The lowest BCUT2D eigenvalue weighted by atomic mass is 10.1. The average Bonchev–Trinajstić information content (AvgIpc) is 3.15. The first-order valence-electron chi connectivity index (χ1n) is 10.6. The molecule has 1 atom stereocenters. The van der Waals surface area contributed by atoms with Gasteiger partial charge in [-0.2, -0.15) is 23.4 Å². The van der Waals surface area contributed by atoms with Crippen molar-refractivity contribution in [3.63, 3.8) is 0 Å². The molecule has 3 aromatic heterocycles. The van der Waals surface area contributed by atoms with Gasteiger partial charge in [0.25, 0.3) is 5.91 Å². The Hall–Kier alpha value is -4.09. The molecule has 0 radical (unpaired) electrons. The van der Waals surface area contributed by atoms with Gasteiger partial charge in [-0.15, -0.1) is 0 Å². The third-order valence-electron chi connectivity index (χ3n) is 5.48. The number of aryl methyl sites for hydroxylation is 1. The number of nitrogens with one attached hydrogen (secondary N) is 1. The first-order chi connectivity index (χ1) is 16.6. The molecule has 182 valence electrons. The topological polar surface area (TPSA) is 110 Å². The van der Waals surface area contributed by atoms with Gasteiger partial charge >= 0.3 is 6.18 Å². The van der Waals surface area contributed by atoms with Crippen molar-refractivity contribution in [1.82, 2.24) is 25.1 Å². The van der Waals surface area contributed by atoms with Gasteiger partial charge in [0.2, 0.25) is 11.8 Å². The summed E-state index contributed by atoms with van der Waals surface area (Å²) in [5.74, 6) is -0.440. The minimum Gasteiger partial charge on any atom is -0.468 e. The minimum atomic E-state index is -4.47. The number of pyridine rings is 2. The van der Waals surface area contributed by atoms with Gasteiger partial charge in [-0.3, -0.25) is 9.59 Å². The van der Waals surface area contributed by atoms with E-state index >= 15 is 0 Å². The number of aromatic nitrogens is 4. The largest absolute Gasteiger partial charge is 0.468 e. The number of hydrogen-bond acceptors (Lipinski definition) is 7. The Kier molecular flexibility index (Phi) is 6.63. The van der Waals surface area contributed by atoms with E-state index in [4.69, 9.17) is 4.74 Å². The molecule has 4 rings (SSSR count). The molecule has 0 aliphatic carbocycles. The first kappa shape index (κ1) is 24.0. The number of rotatable bonds is 7. The van der Waals surface area contributed by atoms with E-state index in [1.807, 2.05) is 0 Å². The van der Waals surface area contributed by atoms with E-state index < -0.39 is 18.8 Å². The fourth-order valence-electron chi connectivity index (χ4n) is 3.73. The summed E-state index contributed by atoms with van der Waals surface area (Å²) < 4.78 is 42.1. The molecule has 1 N–H and O–H groups in total. The highest BCUT2D eigenvalue weighted by molar-refractivity contribution is 6.01. The number of anilines is 1. The second kappa shape index (κ2) is 9.65. The van der Waals surface area contributed by atoms with Gasteiger partial charge < -0.3 is 15.0 Å². The fraction of sp³-hybridized carbons (Fsp3) is 0.304. The Morgan fingerprint density at radius 1 is 1.26 bits per heavy atom. The number of halogens is 3. The van der Waals surface area contributed by atoms with Crippen molar-refractivity contribution in [2.75, 3.05) is 11.9 Å². The van der Waals surface area contributed by atoms with Crippen LogP contribution < -0.4 is 10.1 Å². The average molecular weight is 486 g/mol. The zero-order chi connectivity index (χ0) is 25.2. The fourth-order valence-corrected chi connectivity index (χ4v) is 3.73. The Bertz CT molecular complexity index is 1250. The Morgan fingerprint density at radius 2 is 2.06 bits per heavy atom. The second-order valence-electron chi connectivity index (χ2n) is 8.03. The monoisotopic (exact) mass is 486 g/mol. The molecule has 12 heteroatoms. The lowest BCUT2D eigenvalue weighted by Gasteiger charge is -2.25. The first-order valence-corrected chi connectivity index (χ1v) is 10.6. The minimum absolute atomic E-state index is 0.000948. The van der Waals surface area contributed by atoms with Crippen molar-refractivity contribution in [1.29, 1.82) is 0 Å². The summed E-state index contributed by atoms with van der Waals surface area (Å²) in [6.07, 6.45) is -0.123. The van der Waals surface area contributed by atoms with Crippen molar-refractivity contribution in [3.05, 3.63) is 70.8 Å². The molecular weight excluding hydrogens is 465 g/mol. The number of ether oxygens (including phenoxy) is 1. The van der Waals surface area contributed by atoms with Crippen molar-refractivity contribution < 1.29 is 27.5 Å². The molecule has 35 heavy (non-hydrogen) atoms. The van der Waals surface area contributed by atoms with Crippen LogP contribution in [0, 0.1) is 6.92 Å². The van der Waals surface area contributed by atoms with Gasteiger partial charge in [-0.25, -0.2) is 9.97 Å². The summed E-state index contributed by atoms with van der Waals surface area (Å²) in [6, 6.07) is 6.14. The van der Waals surface area contributed by atoms with Crippen molar-refractivity contribution in [3.8, 4) is 5.88 Å². The summed E-state index contributed by atoms with van der Waals surface area (Å²) in [5, 5.41) is 10.4. The number of carbonyl (C=O) groups is 2. The third kappa shape index (κ3) is 5.53. The molecule has 0 spiro atoms. The van der Waals surface area contributed by atoms with Crippen LogP contribution >= 0.6 is 0 Å². The molecule has 2 amide bonds. The number of amides is 2. The van der Waals surface area contributed by atoms with Gasteiger partial charge in [-0.05, 0) is 43.7 Å². The summed E-state index contributed by atoms with van der Waals surface area (Å²) in [6.45, 7) is 2.13. The quantitative estimate of drug-likeness (QED) is 0.545. The van der Waals surface area contributed by atoms with Crippen molar-refractivity contribution in [2.45, 2.75) is 39.0 Å². The molecule has 1 aliphatic heterocycles. The van der Waals surface area contributed by atoms with Crippen LogP contribution in [0.2, 0.25) is 0 Å².